The van der Waals surface area contributed by atoms with Gasteiger partial charge in [-0.05, 0) is 36.8 Å². The first-order valence-corrected chi connectivity index (χ1v) is 12.6. The number of pyridine rings is 2. The Bertz CT molecular complexity index is 1760. The number of nitrogen functional groups attached to an aromatic ring is 1. The summed E-state index contributed by atoms with van der Waals surface area (Å²) in [7, 11) is 0. The van der Waals surface area contributed by atoms with Crippen molar-refractivity contribution in [1.29, 1.82) is 5.26 Å². The largest absolute Gasteiger partial charge is 0.368 e. The van der Waals surface area contributed by atoms with Crippen molar-refractivity contribution >= 4 is 40.1 Å². The summed E-state index contributed by atoms with van der Waals surface area (Å²) in [5.41, 5.74) is 9.32. The van der Waals surface area contributed by atoms with E-state index in [-0.39, 0.29) is 34.3 Å². The number of nitrogens with zero attached hydrogens (tertiary/aromatic N) is 7. The van der Waals surface area contributed by atoms with Crippen molar-refractivity contribution < 1.29 is 4.39 Å². The maximum atomic E-state index is 15.3. The minimum absolute atomic E-state index is 0.0210. The number of anilines is 2. The molecule has 0 amide bonds. The van der Waals surface area contributed by atoms with E-state index in [1.807, 2.05) is 25.1 Å². The SMILES string of the molecule is Cc1cccnc1CNc1nc2c(-c3ccc(=O)n(CI)c3)c(-c3cccc(C#N)c3F)nc(N)n2n1. The van der Waals surface area contributed by atoms with Gasteiger partial charge >= 0.3 is 0 Å². The van der Waals surface area contributed by atoms with Crippen molar-refractivity contribution in [1.82, 2.24) is 29.1 Å². The van der Waals surface area contributed by atoms with Crippen LogP contribution in [-0.4, -0.2) is 29.1 Å². The van der Waals surface area contributed by atoms with E-state index >= 15 is 4.39 Å². The summed E-state index contributed by atoms with van der Waals surface area (Å²) in [6.45, 7) is 2.33. The molecule has 0 atom stereocenters. The number of nitriles is 1. The number of aryl methyl sites for hydroxylation is 1. The van der Waals surface area contributed by atoms with Gasteiger partial charge in [0, 0.05) is 29.6 Å². The first kappa shape index (κ1) is 24.3. The molecule has 1 aromatic carbocycles. The van der Waals surface area contributed by atoms with Gasteiger partial charge in [-0.25, -0.2) is 9.37 Å². The maximum absolute atomic E-state index is 15.3. The van der Waals surface area contributed by atoms with Crippen molar-refractivity contribution in [3.8, 4) is 28.5 Å². The average molecular weight is 607 g/mol. The monoisotopic (exact) mass is 607 g/mol. The highest BCUT2D eigenvalue weighted by atomic mass is 127. The first-order chi connectivity index (χ1) is 17.9. The zero-order valence-corrected chi connectivity index (χ0v) is 21.6. The fourth-order valence-corrected chi connectivity index (χ4v) is 4.47. The van der Waals surface area contributed by atoms with E-state index in [0.29, 0.717) is 27.9 Å². The van der Waals surface area contributed by atoms with Crippen LogP contribution in [0.5, 0.6) is 0 Å². The third-order valence-electron chi connectivity index (χ3n) is 5.82. The number of halogens is 2. The fourth-order valence-electron chi connectivity index (χ4n) is 3.93. The van der Waals surface area contributed by atoms with Gasteiger partial charge in [0.25, 0.3) is 5.56 Å². The van der Waals surface area contributed by atoms with Gasteiger partial charge in [0.15, 0.2) is 5.65 Å². The van der Waals surface area contributed by atoms with Gasteiger partial charge < -0.3 is 15.6 Å². The zero-order valence-electron chi connectivity index (χ0n) is 19.5. The van der Waals surface area contributed by atoms with Crippen molar-refractivity contribution in [3.05, 3.63) is 87.9 Å². The number of rotatable bonds is 6. The van der Waals surface area contributed by atoms with Crippen LogP contribution in [0.15, 0.2) is 59.7 Å². The molecule has 0 aliphatic rings. The lowest BCUT2D eigenvalue weighted by Gasteiger charge is -2.14. The lowest BCUT2D eigenvalue weighted by molar-refractivity contribution is 0.627. The lowest BCUT2D eigenvalue weighted by Crippen LogP contribution is -2.16. The van der Waals surface area contributed by atoms with Crippen LogP contribution in [0.1, 0.15) is 16.8 Å². The number of alkyl halides is 1. The van der Waals surface area contributed by atoms with Gasteiger partial charge in [0.2, 0.25) is 11.9 Å². The second-order valence-electron chi connectivity index (χ2n) is 8.11. The minimum Gasteiger partial charge on any atom is -0.368 e. The van der Waals surface area contributed by atoms with Crippen molar-refractivity contribution in [2.45, 2.75) is 18.0 Å². The molecule has 0 unspecified atom stereocenters. The van der Waals surface area contributed by atoms with Gasteiger partial charge in [0.05, 0.1) is 33.6 Å². The summed E-state index contributed by atoms with van der Waals surface area (Å²) >= 11 is 2.08. The van der Waals surface area contributed by atoms with Crippen LogP contribution >= 0.6 is 22.6 Å². The molecule has 0 fully saturated rings. The summed E-state index contributed by atoms with van der Waals surface area (Å²) < 4.78 is 18.6. The molecule has 0 radical (unpaired) electrons. The summed E-state index contributed by atoms with van der Waals surface area (Å²) in [6.07, 6.45) is 3.36. The molecule has 10 nitrogen and oxygen atoms in total. The Labute approximate surface area is 223 Å². The second kappa shape index (κ2) is 9.94. The average Bonchev–Trinajstić information content (AvgIpc) is 3.33. The molecule has 5 rings (SSSR count). The van der Waals surface area contributed by atoms with Gasteiger partial charge in [-0.3, -0.25) is 9.78 Å². The number of hydrogen-bond donors (Lipinski definition) is 2. The van der Waals surface area contributed by atoms with Gasteiger partial charge in [-0.1, -0.05) is 34.7 Å². The molecular weight excluding hydrogens is 588 g/mol. The van der Waals surface area contributed by atoms with E-state index < -0.39 is 5.82 Å². The highest BCUT2D eigenvalue weighted by molar-refractivity contribution is 14.1. The highest BCUT2D eigenvalue weighted by Gasteiger charge is 2.23. The first-order valence-electron chi connectivity index (χ1n) is 11.1. The second-order valence-corrected chi connectivity index (χ2v) is 8.79. The molecule has 0 bridgehead atoms. The topological polar surface area (TPSA) is 140 Å². The molecule has 37 heavy (non-hydrogen) atoms. The van der Waals surface area contributed by atoms with Crippen LogP contribution in [0.3, 0.4) is 0 Å². The van der Waals surface area contributed by atoms with E-state index in [1.165, 1.54) is 27.3 Å². The third-order valence-corrected chi connectivity index (χ3v) is 6.55. The molecule has 4 heterocycles. The van der Waals surface area contributed by atoms with Gasteiger partial charge in [0.1, 0.15) is 11.9 Å². The lowest BCUT2D eigenvalue weighted by atomic mass is 9.99. The minimum atomic E-state index is -0.729. The Morgan fingerprint density at radius 1 is 1.19 bits per heavy atom. The summed E-state index contributed by atoms with van der Waals surface area (Å²) in [5, 5.41) is 17.0. The zero-order chi connectivity index (χ0) is 26.1. The van der Waals surface area contributed by atoms with Crippen LogP contribution in [0.4, 0.5) is 16.3 Å². The molecular formula is C25H19FIN9O. The number of nitrogens with two attached hydrogens (primary N) is 1. The quantitative estimate of drug-likeness (QED) is 0.219. The van der Waals surface area contributed by atoms with Crippen LogP contribution in [-0.2, 0) is 11.1 Å². The predicted octanol–water partition coefficient (Wildman–Crippen LogP) is 3.92. The van der Waals surface area contributed by atoms with E-state index in [4.69, 9.17) is 5.73 Å². The molecule has 0 spiro atoms. The standard InChI is InChI=1S/C25H19FIN9O/c1-14-4-3-9-30-18(14)11-31-25-33-23-20(16-7-8-19(37)35(12-16)13-27)22(32-24(29)36(23)34-25)17-6-2-5-15(10-28)21(17)26/h2-9,12H,11,13H2,1H3,(H2,29,32)(H,31,34). The molecule has 5 aromatic rings. The molecule has 12 heteroatoms. The van der Waals surface area contributed by atoms with Crippen molar-refractivity contribution in [3.63, 3.8) is 0 Å². The van der Waals surface area contributed by atoms with Crippen LogP contribution in [0.2, 0.25) is 0 Å². The van der Waals surface area contributed by atoms with Crippen LogP contribution < -0.4 is 16.6 Å². The molecule has 4 aromatic heterocycles. The third kappa shape index (κ3) is 4.49. The molecule has 0 aliphatic heterocycles. The van der Waals surface area contributed by atoms with E-state index in [9.17, 15) is 10.1 Å². The maximum Gasteiger partial charge on any atom is 0.251 e. The Balaban J connectivity index is 1.74. The predicted molar refractivity (Wildman–Crippen MR) is 145 cm³/mol. The Morgan fingerprint density at radius 2 is 2.03 bits per heavy atom. The van der Waals surface area contributed by atoms with Gasteiger partial charge in [-0.15, -0.1) is 5.10 Å². The van der Waals surface area contributed by atoms with E-state index in [1.54, 1.807) is 24.5 Å². The molecule has 184 valence electrons. The van der Waals surface area contributed by atoms with Crippen molar-refractivity contribution in [2.75, 3.05) is 11.1 Å². The van der Waals surface area contributed by atoms with Gasteiger partial charge in [-0.2, -0.15) is 14.8 Å². The fraction of sp³-hybridized carbons (Fsp3) is 0.120. The Morgan fingerprint density at radius 3 is 2.78 bits per heavy atom. The molecule has 3 N–H and O–H groups in total. The number of benzene rings is 1. The van der Waals surface area contributed by atoms with E-state index in [2.05, 4.69) is 48.0 Å². The number of nitrogens with one attached hydrogen (secondary N) is 1. The number of fused-ring (bicyclic) bond motifs is 1. The Kier molecular flexibility index (Phi) is 6.53. The van der Waals surface area contributed by atoms with Crippen molar-refractivity contribution in [2.24, 2.45) is 0 Å². The summed E-state index contributed by atoms with van der Waals surface area (Å²) in [4.78, 5) is 25.8. The normalized spacial score (nSPS) is 11.0. The smallest absolute Gasteiger partial charge is 0.251 e. The number of aromatic nitrogens is 6. The highest BCUT2D eigenvalue weighted by Crippen LogP contribution is 2.36. The van der Waals surface area contributed by atoms with Crippen LogP contribution in [0, 0.1) is 24.1 Å². The number of hydrogen-bond acceptors (Lipinski definition) is 8. The summed E-state index contributed by atoms with van der Waals surface area (Å²) in [6, 6.07) is 13.2. The van der Waals surface area contributed by atoms with Crippen LogP contribution in [0.25, 0.3) is 28.0 Å². The molecule has 0 saturated carbocycles. The molecule has 0 saturated heterocycles. The Hall–Kier alpha value is -4.38. The van der Waals surface area contributed by atoms with E-state index in [0.717, 1.165) is 11.3 Å². The summed E-state index contributed by atoms with van der Waals surface area (Å²) in [5.74, 6) is -0.481. The molecule has 0 aliphatic carbocycles.